The lowest BCUT2D eigenvalue weighted by Crippen LogP contribution is -2.52. The summed E-state index contributed by atoms with van der Waals surface area (Å²) in [5.41, 5.74) is 2.03. The smallest absolute Gasteiger partial charge is 0.323 e. The van der Waals surface area contributed by atoms with Gasteiger partial charge in [0, 0.05) is 42.2 Å². The van der Waals surface area contributed by atoms with Gasteiger partial charge in [-0.2, -0.15) is 0 Å². The number of aromatic nitrogens is 1. The number of allylic oxidation sites excluding steroid dienone is 4. The molecule has 2 N–H and O–H groups in total. The molecule has 3 aromatic rings. The third kappa shape index (κ3) is 8.45. The standard InChI is InChI=1S/C36H40ClFN4O6/c1-5-27(38)29(8-6-23(2)3)41-35(44)40-28-9-7-24(18-26(28)37)48-31-10-14-39-30-20-33(32(45-4)19-25(30)31)47-17-11-34(43)42-15-12-36(13-16-42)21-46-22-36/h5,7-10,14,18-20H,2,6,11-13,15-17,21-22H2,1,3-4H3,(H2,40,41,44). The summed E-state index contributed by atoms with van der Waals surface area (Å²) < 4.78 is 37.4. The lowest BCUT2D eigenvalue weighted by atomic mass is 9.77. The number of hydrogen-bond donors (Lipinski definition) is 2. The van der Waals surface area contributed by atoms with Crippen LogP contribution < -0.4 is 24.8 Å². The summed E-state index contributed by atoms with van der Waals surface area (Å²) in [5, 5.41) is 6.03. The first-order chi connectivity index (χ1) is 23.1. The fourth-order valence-corrected chi connectivity index (χ4v) is 5.73. The van der Waals surface area contributed by atoms with Crippen molar-refractivity contribution in [2.24, 2.45) is 5.41 Å². The number of anilines is 1. The third-order valence-electron chi connectivity index (χ3n) is 8.38. The highest BCUT2D eigenvalue weighted by molar-refractivity contribution is 6.33. The summed E-state index contributed by atoms with van der Waals surface area (Å²) in [5.74, 6) is 1.33. The van der Waals surface area contributed by atoms with Crippen LogP contribution in [0.3, 0.4) is 0 Å². The first kappa shape index (κ1) is 34.7. The number of benzene rings is 2. The second-order valence-electron chi connectivity index (χ2n) is 12.0. The van der Waals surface area contributed by atoms with Gasteiger partial charge in [-0.15, -0.1) is 0 Å². The van der Waals surface area contributed by atoms with Crippen LogP contribution in [-0.4, -0.2) is 61.8 Å². The van der Waals surface area contributed by atoms with Crippen molar-refractivity contribution in [1.82, 2.24) is 15.2 Å². The number of pyridine rings is 1. The Hall–Kier alpha value is -4.61. The zero-order valence-corrected chi connectivity index (χ0v) is 28.1. The molecule has 0 atom stereocenters. The number of hydrogen-bond acceptors (Lipinski definition) is 7. The molecule has 2 aromatic carbocycles. The Labute approximate surface area is 284 Å². The maximum absolute atomic E-state index is 14.3. The van der Waals surface area contributed by atoms with E-state index in [1.165, 1.54) is 20.1 Å². The van der Waals surface area contributed by atoms with Crippen molar-refractivity contribution in [1.29, 1.82) is 0 Å². The van der Waals surface area contributed by atoms with Gasteiger partial charge in [0.2, 0.25) is 5.91 Å². The van der Waals surface area contributed by atoms with Crippen LogP contribution in [-0.2, 0) is 9.53 Å². The Balaban J connectivity index is 1.21. The predicted octanol–water partition coefficient (Wildman–Crippen LogP) is 7.94. The normalized spacial score (nSPS) is 15.9. The largest absolute Gasteiger partial charge is 0.493 e. The number of rotatable bonds is 12. The zero-order valence-electron chi connectivity index (χ0n) is 27.4. The summed E-state index contributed by atoms with van der Waals surface area (Å²) in [7, 11) is 1.54. The predicted molar refractivity (Wildman–Crippen MR) is 184 cm³/mol. The Morgan fingerprint density at radius 1 is 1.15 bits per heavy atom. The van der Waals surface area contributed by atoms with Crippen LogP contribution >= 0.6 is 11.6 Å². The Kier molecular flexibility index (Phi) is 11.2. The summed E-state index contributed by atoms with van der Waals surface area (Å²) in [6, 6.07) is 9.36. The molecule has 1 aromatic heterocycles. The molecule has 0 radical (unpaired) electrons. The molecular weight excluding hydrogens is 639 g/mol. The highest BCUT2D eigenvalue weighted by Gasteiger charge is 2.41. The SMILES string of the molecule is C=C(C)CC=C(NC(=O)Nc1ccc(Oc2ccnc3cc(OCCC(=O)N4CCC5(CC4)COC5)c(OC)cc23)cc1Cl)C(F)=CC. The van der Waals surface area contributed by atoms with Crippen molar-refractivity contribution in [2.75, 3.05) is 45.3 Å². The molecule has 2 aliphatic heterocycles. The average Bonchev–Trinajstić information content (AvgIpc) is 3.06. The van der Waals surface area contributed by atoms with E-state index in [9.17, 15) is 14.0 Å². The van der Waals surface area contributed by atoms with E-state index in [1.54, 1.807) is 48.7 Å². The molecule has 10 nitrogen and oxygen atoms in total. The number of carbonyl (C=O) groups is 2. The second-order valence-corrected chi connectivity index (χ2v) is 12.4. The molecule has 0 unspecified atom stereocenters. The molecule has 3 heterocycles. The average molecular weight is 679 g/mol. The van der Waals surface area contributed by atoms with Gasteiger partial charge in [-0.1, -0.05) is 29.8 Å². The molecule has 1 spiro atoms. The quantitative estimate of drug-likeness (QED) is 0.148. The summed E-state index contributed by atoms with van der Waals surface area (Å²) in [4.78, 5) is 31.8. The summed E-state index contributed by atoms with van der Waals surface area (Å²) >= 11 is 6.48. The topological polar surface area (TPSA) is 111 Å². The van der Waals surface area contributed by atoms with Gasteiger partial charge >= 0.3 is 6.03 Å². The zero-order chi connectivity index (χ0) is 34.3. The molecule has 48 heavy (non-hydrogen) atoms. The van der Waals surface area contributed by atoms with Crippen LogP contribution in [0.1, 0.15) is 39.5 Å². The molecule has 0 bridgehead atoms. The minimum Gasteiger partial charge on any atom is -0.493 e. The molecule has 12 heteroatoms. The number of nitrogens with zero attached hydrogens (tertiary/aromatic N) is 2. The van der Waals surface area contributed by atoms with Gasteiger partial charge < -0.3 is 34.5 Å². The minimum absolute atomic E-state index is 0.0337. The molecule has 254 valence electrons. The fourth-order valence-electron chi connectivity index (χ4n) is 5.51. The monoisotopic (exact) mass is 678 g/mol. The lowest BCUT2D eigenvalue weighted by Gasteiger charge is -2.47. The number of carbonyl (C=O) groups excluding carboxylic acids is 2. The molecule has 5 rings (SSSR count). The number of nitrogens with one attached hydrogen (secondary N) is 2. The molecule has 3 amide bonds. The number of likely N-dealkylation sites (tertiary alicyclic amines) is 1. The molecule has 0 saturated carbocycles. The van der Waals surface area contributed by atoms with Crippen LogP contribution in [0.4, 0.5) is 14.9 Å². The fraction of sp³-hybridized carbons (Fsp3) is 0.361. The number of fused-ring (bicyclic) bond motifs is 1. The van der Waals surface area contributed by atoms with Crippen molar-refractivity contribution >= 4 is 40.1 Å². The van der Waals surface area contributed by atoms with E-state index in [0.29, 0.717) is 46.0 Å². The third-order valence-corrected chi connectivity index (χ3v) is 8.70. The molecule has 2 saturated heterocycles. The van der Waals surface area contributed by atoms with E-state index < -0.39 is 11.9 Å². The van der Waals surface area contributed by atoms with Crippen LogP contribution in [0, 0.1) is 5.41 Å². The van der Waals surface area contributed by atoms with E-state index in [0.717, 1.165) is 44.7 Å². The number of methoxy groups -OCH3 is 1. The van der Waals surface area contributed by atoms with E-state index in [4.69, 9.17) is 30.5 Å². The summed E-state index contributed by atoms with van der Waals surface area (Å²) in [6.45, 7) is 10.5. The second kappa shape index (κ2) is 15.5. The van der Waals surface area contributed by atoms with Crippen molar-refractivity contribution in [2.45, 2.75) is 39.5 Å². The van der Waals surface area contributed by atoms with Crippen molar-refractivity contribution in [3.8, 4) is 23.0 Å². The van der Waals surface area contributed by atoms with Crippen molar-refractivity contribution in [3.05, 3.63) is 83.4 Å². The van der Waals surface area contributed by atoms with Gasteiger partial charge in [0.05, 0.1) is 55.3 Å². The number of urea groups is 1. The highest BCUT2D eigenvalue weighted by Crippen LogP contribution is 2.40. The van der Waals surface area contributed by atoms with Crippen molar-refractivity contribution < 1.29 is 32.9 Å². The minimum atomic E-state index is -0.658. The first-order valence-corrected chi connectivity index (χ1v) is 16.1. The van der Waals surface area contributed by atoms with E-state index in [1.807, 2.05) is 11.8 Å². The van der Waals surface area contributed by atoms with E-state index >= 15 is 0 Å². The van der Waals surface area contributed by atoms with Gasteiger partial charge in [0.1, 0.15) is 17.3 Å². The number of halogens is 2. The molecule has 2 fully saturated rings. The van der Waals surface area contributed by atoms with Crippen LogP contribution in [0.25, 0.3) is 10.9 Å². The van der Waals surface area contributed by atoms with Gasteiger partial charge in [-0.3, -0.25) is 9.78 Å². The van der Waals surface area contributed by atoms with Gasteiger partial charge in [0.15, 0.2) is 11.5 Å². The summed E-state index contributed by atoms with van der Waals surface area (Å²) in [6.07, 6.45) is 7.04. The number of ether oxygens (including phenoxy) is 4. The lowest BCUT2D eigenvalue weighted by molar-refractivity contribution is -0.153. The highest BCUT2D eigenvalue weighted by atomic mass is 35.5. The number of amides is 3. The van der Waals surface area contributed by atoms with E-state index in [2.05, 4.69) is 22.2 Å². The van der Waals surface area contributed by atoms with Gasteiger partial charge in [-0.25, -0.2) is 9.18 Å². The Bertz CT molecular complexity index is 1750. The Morgan fingerprint density at radius 2 is 1.92 bits per heavy atom. The van der Waals surface area contributed by atoms with Gasteiger partial charge in [0.25, 0.3) is 0 Å². The first-order valence-electron chi connectivity index (χ1n) is 15.8. The molecule has 0 aliphatic carbocycles. The maximum Gasteiger partial charge on any atom is 0.323 e. The van der Waals surface area contributed by atoms with Crippen LogP contribution in [0.2, 0.25) is 5.02 Å². The Morgan fingerprint density at radius 3 is 2.56 bits per heavy atom. The van der Waals surface area contributed by atoms with E-state index in [-0.39, 0.29) is 35.1 Å². The molecule has 2 aliphatic rings. The number of piperidine rings is 1. The van der Waals surface area contributed by atoms with Gasteiger partial charge in [-0.05, 0) is 63.5 Å². The van der Waals surface area contributed by atoms with Crippen molar-refractivity contribution in [3.63, 3.8) is 0 Å². The molecular formula is C36H40ClFN4O6. The maximum atomic E-state index is 14.3. The van der Waals surface area contributed by atoms with Crippen LogP contribution in [0.15, 0.2) is 78.4 Å². The van der Waals surface area contributed by atoms with Crippen LogP contribution in [0.5, 0.6) is 23.0 Å².